The van der Waals surface area contributed by atoms with Gasteiger partial charge in [0.15, 0.2) is 11.9 Å². The van der Waals surface area contributed by atoms with Gasteiger partial charge < -0.3 is 34.3 Å². The van der Waals surface area contributed by atoms with Crippen LogP contribution >= 0.6 is 0 Å². The van der Waals surface area contributed by atoms with E-state index >= 15 is 0 Å². The molecule has 2 saturated heterocycles. The van der Waals surface area contributed by atoms with Crippen LogP contribution in [0.4, 0.5) is 13.2 Å². The molecule has 7 rings (SSSR count). The van der Waals surface area contributed by atoms with Gasteiger partial charge in [-0.2, -0.15) is 13.2 Å². The summed E-state index contributed by atoms with van der Waals surface area (Å²) in [5, 5.41) is 35.7. The number of halogens is 3. The Hall–Kier alpha value is -2.84. The summed E-state index contributed by atoms with van der Waals surface area (Å²) in [6.07, 6.45) is -3.99. The van der Waals surface area contributed by atoms with Gasteiger partial charge in [0, 0.05) is 24.5 Å². The SMILES string of the molecule is CO[C@@](C(=O)O[C@H]1C=CC(=O)[C@]2(C)[C@H]3CC[C@@]4(C)[C@@H](CC[C@]4(O)[C@@](C)(O)[C@H]4C[C@@](C)(O)[C@@H](C)C(=O)O4)[C@@H]3C[C@H]3O[C@]132)(c1ccccc1)C(F)(F)F. The number of carbonyl (C=O) groups is 3. The number of ketones is 1. The molecule has 0 radical (unpaired) electrons. The molecule has 51 heavy (non-hydrogen) atoms. The van der Waals surface area contributed by atoms with E-state index in [1.165, 1.54) is 44.2 Å². The third-order valence-electron chi connectivity index (χ3n) is 14.8. The Morgan fingerprint density at radius 3 is 2.27 bits per heavy atom. The van der Waals surface area contributed by atoms with Crippen molar-refractivity contribution < 1.29 is 61.8 Å². The van der Waals surface area contributed by atoms with Crippen molar-refractivity contribution in [3.63, 3.8) is 0 Å². The molecule has 2 aliphatic heterocycles. The molecule has 2 heterocycles. The molecule has 0 unspecified atom stereocenters. The highest BCUT2D eigenvalue weighted by Gasteiger charge is 2.83. The molecular weight excluding hydrogens is 673 g/mol. The molecule has 1 aromatic rings. The topological polar surface area (TPSA) is 152 Å². The molecule has 0 bridgehead atoms. The molecule has 14 atom stereocenters. The lowest BCUT2D eigenvalue weighted by molar-refractivity contribution is -0.279. The minimum atomic E-state index is -5.19. The van der Waals surface area contributed by atoms with E-state index in [2.05, 4.69) is 0 Å². The van der Waals surface area contributed by atoms with E-state index in [1.807, 2.05) is 6.92 Å². The maximum absolute atomic E-state index is 14.8. The molecule has 1 spiro atoms. The van der Waals surface area contributed by atoms with Gasteiger partial charge in [-0.1, -0.05) is 37.3 Å². The largest absolute Gasteiger partial charge is 0.459 e. The Bertz CT molecular complexity index is 1660. The average molecular weight is 721 g/mol. The number of benzene rings is 1. The molecule has 280 valence electrons. The number of allylic oxidation sites excluding steroid dienone is 1. The first kappa shape index (κ1) is 36.5. The number of esters is 2. The maximum atomic E-state index is 14.8. The van der Waals surface area contributed by atoms with E-state index in [-0.39, 0.29) is 36.4 Å². The van der Waals surface area contributed by atoms with Gasteiger partial charge in [-0.05, 0) is 89.7 Å². The summed E-state index contributed by atoms with van der Waals surface area (Å²) in [4.78, 5) is 40.5. The standard InChI is InChI=1S/C38H47F3O10/c1-20-29(43)49-28(19-32(20,3)45)34(5,46)35(47)17-15-23-22-18-27-37(51-27)26(13-12-25(42)33(37,4)24(22)14-16-31(23,35)2)50-30(44)36(48-6,38(39,40)41)21-10-8-7-9-11-21/h7-13,20,22-24,26-28,45-47H,14-19H2,1-6H3/t20-,22-,23-,24-,26-,27+,28+,31-,32+,33-,34-,35+,36+,37+/m0/s1. The van der Waals surface area contributed by atoms with Crippen molar-refractivity contribution in [3.8, 4) is 0 Å². The molecule has 3 N–H and O–H groups in total. The number of aliphatic hydroxyl groups is 3. The number of rotatable bonds is 6. The number of alkyl halides is 3. The molecule has 4 aliphatic carbocycles. The minimum Gasteiger partial charge on any atom is -0.459 e. The van der Waals surface area contributed by atoms with Crippen molar-refractivity contribution in [2.45, 2.75) is 126 Å². The number of methoxy groups -OCH3 is 1. The van der Waals surface area contributed by atoms with E-state index in [1.54, 1.807) is 13.8 Å². The van der Waals surface area contributed by atoms with Gasteiger partial charge in [0.05, 0.1) is 23.0 Å². The lowest BCUT2D eigenvalue weighted by Gasteiger charge is -2.61. The van der Waals surface area contributed by atoms with Crippen LogP contribution in [0.5, 0.6) is 0 Å². The van der Waals surface area contributed by atoms with Crippen molar-refractivity contribution >= 4 is 17.7 Å². The number of hydrogen-bond acceptors (Lipinski definition) is 10. The fourth-order valence-corrected chi connectivity index (χ4v) is 11.4. The molecule has 3 saturated carbocycles. The van der Waals surface area contributed by atoms with E-state index in [4.69, 9.17) is 18.9 Å². The zero-order valence-electron chi connectivity index (χ0n) is 29.7. The van der Waals surface area contributed by atoms with Crippen LogP contribution in [0, 0.1) is 34.5 Å². The molecule has 0 amide bonds. The quantitative estimate of drug-likeness (QED) is 0.286. The second-order valence-corrected chi connectivity index (χ2v) is 16.7. The first-order valence-electron chi connectivity index (χ1n) is 17.8. The lowest BCUT2D eigenvalue weighted by atomic mass is 9.43. The Kier molecular flexibility index (Phi) is 7.95. The summed E-state index contributed by atoms with van der Waals surface area (Å²) >= 11 is 0. The molecule has 10 nitrogen and oxygen atoms in total. The van der Waals surface area contributed by atoms with Crippen LogP contribution in [0.1, 0.15) is 78.7 Å². The van der Waals surface area contributed by atoms with E-state index in [0.29, 0.717) is 25.7 Å². The summed E-state index contributed by atoms with van der Waals surface area (Å²) < 4.78 is 67.0. The van der Waals surface area contributed by atoms with Gasteiger partial charge in [0.1, 0.15) is 22.9 Å². The number of hydrogen-bond donors (Lipinski definition) is 3. The molecule has 5 fully saturated rings. The van der Waals surface area contributed by atoms with Crippen molar-refractivity contribution in [2.75, 3.05) is 7.11 Å². The Balaban J connectivity index is 1.19. The number of cyclic esters (lactones) is 1. The van der Waals surface area contributed by atoms with Crippen LogP contribution in [0.2, 0.25) is 0 Å². The second-order valence-electron chi connectivity index (χ2n) is 16.7. The highest BCUT2D eigenvalue weighted by atomic mass is 19.4. The monoisotopic (exact) mass is 720 g/mol. The van der Waals surface area contributed by atoms with Crippen molar-refractivity contribution in [3.05, 3.63) is 48.0 Å². The zero-order chi connectivity index (χ0) is 37.4. The fourth-order valence-electron chi connectivity index (χ4n) is 11.4. The predicted octanol–water partition coefficient (Wildman–Crippen LogP) is 4.32. The zero-order valence-corrected chi connectivity index (χ0v) is 29.7. The van der Waals surface area contributed by atoms with Crippen molar-refractivity contribution in [2.24, 2.45) is 34.5 Å². The highest BCUT2D eigenvalue weighted by Crippen LogP contribution is 2.74. The summed E-state index contributed by atoms with van der Waals surface area (Å²) in [6, 6.07) is 6.53. The number of epoxide rings is 1. The van der Waals surface area contributed by atoms with E-state index in [0.717, 1.165) is 19.2 Å². The predicted molar refractivity (Wildman–Crippen MR) is 172 cm³/mol. The Morgan fingerprint density at radius 1 is 1.02 bits per heavy atom. The van der Waals surface area contributed by atoms with Crippen molar-refractivity contribution in [1.82, 2.24) is 0 Å². The number of fused-ring (bicyclic) bond motifs is 4. The Morgan fingerprint density at radius 2 is 1.67 bits per heavy atom. The van der Waals surface area contributed by atoms with Gasteiger partial charge in [0.2, 0.25) is 0 Å². The summed E-state index contributed by atoms with van der Waals surface area (Å²) in [5.41, 5.74) is -12.6. The summed E-state index contributed by atoms with van der Waals surface area (Å²) in [7, 11) is 0.798. The normalized spacial score (nSPS) is 46.7. The molecule has 0 aromatic heterocycles. The van der Waals surface area contributed by atoms with Gasteiger partial charge >= 0.3 is 18.1 Å². The van der Waals surface area contributed by atoms with Crippen LogP contribution in [-0.4, -0.2) is 87.0 Å². The van der Waals surface area contributed by atoms with Gasteiger partial charge in [-0.3, -0.25) is 9.59 Å². The van der Waals surface area contributed by atoms with Gasteiger partial charge in [0.25, 0.3) is 5.60 Å². The summed E-state index contributed by atoms with van der Waals surface area (Å²) in [6.45, 7) is 8.18. The third-order valence-corrected chi connectivity index (χ3v) is 14.8. The smallest absolute Gasteiger partial charge is 0.432 e. The van der Waals surface area contributed by atoms with Crippen LogP contribution in [0.25, 0.3) is 0 Å². The van der Waals surface area contributed by atoms with Crippen LogP contribution in [0.3, 0.4) is 0 Å². The minimum absolute atomic E-state index is 0.0670. The number of ether oxygens (including phenoxy) is 4. The van der Waals surface area contributed by atoms with Crippen molar-refractivity contribution in [1.29, 1.82) is 0 Å². The molecule has 1 aromatic carbocycles. The van der Waals surface area contributed by atoms with Crippen LogP contribution in [0.15, 0.2) is 42.5 Å². The average Bonchev–Trinajstić information content (AvgIpc) is 3.72. The first-order valence-corrected chi connectivity index (χ1v) is 17.8. The molecule has 13 heteroatoms. The van der Waals surface area contributed by atoms with Gasteiger partial charge in [-0.25, -0.2) is 4.79 Å². The van der Waals surface area contributed by atoms with Crippen LogP contribution < -0.4 is 0 Å². The lowest BCUT2D eigenvalue weighted by Crippen LogP contribution is -2.70. The third kappa shape index (κ3) is 4.44. The summed E-state index contributed by atoms with van der Waals surface area (Å²) in [5.74, 6) is -4.18. The fraction of sp³-hybridized carbons (Fsp3) is 0.711. The molecular formula is C38H47F3O10. The number of carbonyl (C=O) groups excluding carboxylic acids is 3. The molecule has 6 aliphatic rings. The van der Waals surface area contributed by atoms with E-state index < -0.39 is 86.7 Å². The first-order chi connectivity index (χ1) is 23.6. The highest BCUT2D eigenvalue weighted by molar-refractivity contribution is 5.98. The Labute approximate surface area is 294 Å². The van der Waals surface area contributed by atoms with Gasteiger partial charge in [-0.15, -0.1) is 0 Å². The van der Waals surface area contributed by atoms with E-state index in [9.17, 15) is 42.9 Å². The van der Waals surface area contributed by atoms with Crippen LogP contribution in [-0.2, 0) is 38.9 Å². The maximum Gasteiger partial charge on any atom is 0.432 e. The second kappa shape index (κ2) is 11.1.